The molecule has 0 spiro atoms. The van der Waals surface area contributed by atoms with Gasteiger partial charge in [0.05, 0.1) is 8.07 Å². The summed E-state index contributed by atoms with van der Waals surface area (Å²) in [5.41, 5.74) is 1.35. The quantitative estimate of drug-likeness (QED) is 0.470. The fourth-order valence-electron chi connectivity index (χ4n) is 1.43. The Morgan fingerprint density at radius 2 is 1.83 bits per heavy atom. The molecule has 12 heavy (non-hydrogen) atoms. The highest BCUT2D eigenvalue weighted by molar-refractivity contribution is 6.78. The predicted molar refractivity (Wildman–Crippen MR) is 60.5 cm³/mol. The maximum atomic E-state index is 3.99. The van der Waals surface area contributed by atoms with Gasteiger partial charge in [-0.2, -0.15) is 0 Å². The monoisotopic (exact) mass is 185 g/mol. The lowest BCUT2D eigenvalue weighted by Crippen LogP contribution is -2.30. The van der Waals surface area contributed by atoms with E-state index in [0.717, 1.165) is 0 Å². The van der Waals surface area contributed by atoms with Crippen LogP contribution in [0.15, 0.2) is 12.2 Å². The number of hydrogen-bond donors (Lipinski definition) is 0. The number of allylic oxidation sites excluding steroid dienone is 1. The Kier molecular flexibility index (Phi) is 4.79. The molecule has 0 amide bonds. The van der Waals surface area contributed by atoms with Crippen LogP contribution in [-0.4, -0.2) is 33.6 Å². The average molecular weight is 185 g/mol. The van der Waals surface area contributed by atoms with Crippen molar-refractivity contribution in [3.05, 3.63) is 12.2 Å². The van der Waals surface area contributed by atoms with Crippen LogP contribution >= 0.6 is 0 Å². The van der Waals surface area contributed by atoms with E-state index >= 15 is 0 Å². The molecule has 72 valence electrons. The van der Waals surface area contributed by atoms with E-state index in [1.807, 2.05) is 0 Å². The Morgan fingerprint density at radius 1 is 1.33 bits per heavy atom. The van der Waals surface area contributed by atoms with E-state index < -0.39 is 8.07 Å². The van der Waals surface area contributed by atoms with E-state index in [1.54, 1.807) is 0 Å². The molecule has 0 saturated heterocycles. The molecule has 0 aromatic rings. The summed E-state index contributed by atoms with van der Waals surface area (Å²) < 4.78 is 0. The first kappa shape index (κ1) is 11.9. The third-order valence-corrected chi connectivity index (χ3v) is 5.15. The van der Waals surface area contributed by atoms with Crippen molar-refractivity contribution in [2.45, 2.75) is 32.1 Å². The second-order valence-corrected chi connectivity index (χ2v) is 10.0. The molecule has 0 fully saturated rings. The van der Waals surface area contributed by atoms with Crippen molar-refractivity contribution in [1.29, 1.82) is 0 Å². The third kappa shape index (κ3) is 6.62. The fourth-order valence-corrected chi connectivity index (χ4v) is 4.29. The van der Waals surface area contributed by atoms with Gasteiger partial charge in [-0.3, -0.25) is 0 Å². The molecular formula is C10H23NSi. The largest absolute Gasteiger partial charge is 0.310 e. The van der Waals surface area contributed by atoms with Crippen LogP contribution < -0.4 is 0 Å². The van der Waals surface area contributed by atoms with E-state index in [2.05, 4.69) is 45.6 Å². The van der Waals surface area contributed by atoms with E-state index in [9.17, 15) is 0 Å². The molecule has 0 bridgehead atoms. The number of nitrogens with zero attached hydrogens (tertiary/aromatic N) is 1. The normalized spacial score (nSPS) is 12.2. The van der Waals surface area contributed by atoms with Crippen LogP contribution in [0.2, 0.25) is 25.2 Å². The smallest absolute Gasteiger partial charge is 0.0526 e. The van der Waals surface area contributed by atoms with Gasteiger partial charge in [-0.05, 0) is 39.7 Å². The van der Waals surface area contributed by atoms with Gasteiger partial charge in [0, 0.05) is 0 Å². The van der Waals surface area contributed by atoms with E-state index in [1.165, 1.54) is 24.2 Å². The first-order valence-corrected chi connectivity index (χ1v) is 8.04. The van der Waals surface area contributed by atoms with Gasteiger partial charge < -0.3 is 4.90 Å². The van der Waals surface area contributed by atoms with Gasteiger partial charge in [0.2, 0.25) is 0 Å². The zero-order valence-corrected chi connectivity index (χ0v) is 10.3. The molecule has 0 aliphatic carbocycles. The Balaban J connectivity index is 3.78. The molecule has 1 nitrogen and oxygen atoms in total. The SMILES string of the molecule is C=C(C)C[Si](C)(C)CCN(C)C. The van der Waals surface area contributed by atoms with Gasteiger partial charge in [-0.25, -0.2) is 0 Å². The molecule has 0 aliphatic heterocycles. The maximum Gasteiger partial charge on any atom is 0.0526 e. The van der Waals surface area contributed by atoms with Gasteiger partial charge in [-0.15, -0.1) is 6.58 Å². The van der Waals surface area contributed by atoms with E-state index in [0.29, 0.717) is 0 Å². The summed E-state index contributed by atoms with van der Waals surface area (Å²) in [6.07, 6.45) is 0. The highest BCUT2D eigenvalue weighted by atomic mass is 28.3. The van der Waals surface area contributed by atoms with Crippen molar-refractivity contribution in [3.63, 3.8) is 0 Å². The minimum Gasteiger partial charge on any atom is -0.310 e. The molecular weight excluding hydrogens is 162 g/mol. The molecule has 0 heterocycles. The highest BCUT2D eigenvalue weighted by Gasteiger charge is 2.19. The zero-order valence-electron chi connectivity index (χ0n) is 9.28. The van der Waals surface area contributed by atoms with Crippen molar-refractivity contribution in [2.24, 2.45) is 0 Å². The molecule has 0 N–H and O–H groups in total. The summed E-state index contributed by atoms with van der Waals surface area (Å²) in [5, 5.41) is 0. The second-order valence-electron chi connectivity index (χ2n) is 4.85. The van der Waals surface area contributed by atoms with Crippen LogP contribution in [-0.2, 0) is 0 Å². The van der Waals surface area contributed by atoms with Crippen LogP contribution in [0.4, 0.5) is 0 Å². The average Bonchev–Trinajstić information content (AvgIpc) is 1.81. The van der Waals surface area contributed by atoms with Gasteiger partial charge in [0.15, 0.2) is 0 Å². The Hall–Kier alpha value is -0.0831. The van der Waals surface area contributed by atoms with Crippen LogP contribution in [0.5, 0.6) is 0 Å². The lowest BCUT2D eigenvalue weighted by Gasteiger charge is -2.24. The van der Waals surface area contributed by atoms with Crippen molar-refractivity contribution < 1.29 is 0 Å². The lowest BCUT2D eigenvalue weighted by atomic mass is 10.4. The molecule has 0 aromatic carbocycles. The standard InChI is InChI=1S/C10H23NSi/c1-10(2)9-12(5,6)8-7-11(3)4/h1,7-9H2,2-6H3. The maximum absolute atomic E-state index is 3.99. The van der Waals surface area contributed by atoms with Gasteiger partial charge in [0.1, 0.15) is 0 Å². The van der Waals surface area contributed by atoms with Crippen LogP contribution in [0.25, 0.3) is 0 Å². The molecule has 0 rings (SSSR count). The molecule has 0 radical (unpaired) electrons. The minimum absolute atomic E-state index is 0.970. The van der Waals surface area contributed by atoms with E-state index in [4.69, 9.17) is 0 Å². The van der Waals surface area contributed by atoms with Gasteiger partial charge in [0.25, 0.3) is 0 Å². The summed E-state index contributed by atoms with van der Waals surface area (Å²) in [4.78, 5) is 2.27. The summed E-state index contributed by atoms with van der Waals surface area (Å²) in [6, 6.07) is 2.66. The first-order chi connectivity index (χ1) is 5.33. The minimum atomic E-state index is -0.970. The molecule has 0 unspecified atom stereocenters. The highest BCUT2D eigenvalue weighted by Crippen LogP contribution is 2.19. The lowest BCUT2D eigenvalue weighted by molar-refractivity contribution is 0.431. The summed E-state index contributed by atoms with van der Waals surface area (Å²) >= 11 is 0. The van der Waals surface area contributed by atoms with Crippen LogP contribution in [0.3, 0.4) is 0 Å². The molecule has 0 aromatic heterocycles. The first-order valence-electron chi connectivity index (χ1n) is 4.62. The van der Waals surface area contributed by atoms with Crippen molar-refractivity contribution in [1.82, 2.24) is 4.90 Å². The second kappa shape index (κ2) is 4.82. The summed E-state index contributed by atoms with van der Waals surface area (Å²) in [7, 11) is 3.32. The Bertz CT molecular complexity index is 150. The van der Waals surface area contributed by atoms with Crippen molar-refractivity contribution in [3.8, 4) is 0 Å². The van der Waals surface area contributed by atoms with Gasteiger partial charge in [-0.1, -0.05) is 18.7 Å². The molecule has 0 atom stereocenters. The molecule has 0 saturated carbocycles. The van der Waals surface area contributed by atoms with Gasteiger partial charge >= 0.3 is 0 Å². The molecule has 2 heteroatoms. The number of hydrogen-bond acceptors (Lipinski definition) is 1. The van der Waals surface area contributed by atoms with Crippen LogP contribution in [0.1, 0.15) is 6.92 Å². The van der Waals surface area contributed by atoms with Crippen molar-refractivity contribution >= 4 is 8.07 Å². The zero-order chi connectivity index (χ0) is 9.78. The Morgan fingerprint density at radius 3 is 2.17 bits per heavy atom. The van der Waals surface area contributed by atoms with Crippen molar-refractivity contribution in [2.75, 3.05) is 20.6 Å². The third-order valence-electron chi connectivity index (χ3n) is 2.02. The van der Waals surface area contributed by atoms with Crippen LogP contribution in [0, 0.1) is 0 Å². The topological polar surface area (TPSA) is 3.24 Å². The summed E-state index contributed by atoms with van der Waals surface area (Å²) in [6.45, 7) is 12.3. The summed E-state index contributed by atoms with van der Waals surface area (Å²) in [5.74, 6) is 0. The number of rotatable bonds is 5. The fraction of sp³-hybridized carbons (Fsp3) is 0.800. The predicted octanol–water partition coefficient (Wildman–Crippen LogP) is 2.83. The Labute approximate surface area is 78.5 Å². The van der Waals surface area contributed by atoms with E-state index in [-0.39, 0.29) is 0 Å². The molecule has 0 aliphatic rings.